The molecule has 4 aliphatic rings. The van der Waals surface area contributed by atoms with Crippen LogP contribution in [0.2, 0.25) is 0 Å². The van der Waals surface area contributed by atoms with E-state index in [0.29, 0.717) is 43.1 Å². The van der Waals surface area contributed by atoms with Crippen LogP contribution in [0.25, 0.3) is 0 Å². The SMILES string of the molecule is CCNC1CCC(CC)CC1COC(=O)C12OC1(CC(CO)=C(C)CCC1=CCNC(N)=C1)C(=O)c1cccc(CC(C)C)c1C2=O. The van der Waals surface area contributed by atoms with Gasteiger partial charge in [0.15, 0.2) is 11.4 Å². The summed E-state index contributed by atoms with van der Waals surface area (Å²) in [5, 5.41) is 17.2. The lowest BCUT2D eigenvalue weighted by atomic mass is 9.69. The van der Waals surface area contributed by atoms with Gasteiger partial charge in [0.25, 0.3) is 5.60 Å². The van der Waals surface area contributed by atoms with E-state index in [-0.39, 0.29) is 48.6 Å². The third-order valence-corrected chi connectivity index (χ3v) is 10.7. The maximum atomic E-state index is 14.6. The fraction of sp³-hybridized carbons (Fsp3) is 0.605. The van der Waals surface area contributed by atoms with E-state index in [1.165, 1.54) is 0 Å². The van der Waals surface area contributed by atoms with Crippen LogP contribution in [0.3, 0.4) is 0 Å². The zero-order chi connectivity index (χ0) is 33.9. The van der Waals surface area contributed by atoms with Crippen LogP contribution in [0.4, 0.5) is 0 Å². The number of ketones is 2. The molecule has 1 saturated carbocycles. The second kappa shape index (κ2) is 14.5. The number of esters is 1. The summed E-state index contributed by atoms with van der Waals surface area (Å²) in [5.41, 5.74) is 5.91. The summed E-state index contributed by atoms with van der Waals surface area (Å²) in [6.07, 6.45) is 9.91. The molecule has 2 aliphatic heterocycles. The molecule has 9 nitrogen and oxygen atoms in total. The van der Waals surface area contributed by atoms with Crippen LogP contribution >= 0.6 is 0 Å². The summed E-state index contributed by atoms with van der Waals surface area (Å²) < 4.78 is 12.3. The van der Waals surface area contributed by atoms with E-state index < -0.39 is 28.7 Å². The van der Waals surface area contributed by atoms with Gasteiger partial charge in [-0.05, 0) is 86.6 Å². The van der Waals surface area contributed by atoms with E-state index in [1.807, 2.05) is 19.1 Å². The Morgan fingerprint density at radius 3 is 2.68 bits per heavy atom. The Labute approximate surface area is 279 Å². The third kappa shape index (κ3) is 6.72. The molecule has 0 spiro atoms. The molecule has 2 aliphatic carbocycles. The maximum Gasteiger partial charge on any atom is 0.350 e. The van der Waals surface area contributed by atoms with Crippen molar-refractivity contribution < 1.29 is 29.0 Å². The van der Waals surface area contributed by atoms with Crippen LogP contribution in [0, 0.1) is 17.8 Å². The monoisotopic (exact) mass is 647 g/mol. The molecule has 0 aromatic heterocycles. The highest BCUT2D eigenvalue weighted by molar-refractivity contribution is 6.33. The minimum atomic E-state index is -2.08. The highest BCUT2D eigenvalue weighted by atomic mass is 16.7. The smallest absolute Gasteiger partial charge is 0.350 e. The van der Waals surface area contributed by atoms with Crippen molar-refractivity contribution in [2.24, 2.45) is 23.5 Å². The molecular formula is C38H53N3O6. The Morgan fingerprint density at radius 1 is 1.21 bits per heavy atom. The predicted molar refractivity (Wildman–Crippen MR) is 182 cm³/mol. The first-order valence-electron chi connectivity index (χ1n) is 17.5. The van der Waals surface area contributed by atoms with Crippen molar-refractivity contribution in [3.05, 3.63) is 69.6 Å². The molecule has 0 amide bonds. The predicted octanol–water partition coefficient (Wildman–Crippen LogP) is 4.93. The largest absolute Gasteiger partial charge is 0.463 e. The number of rotatable bonds is 14. The van der Waals surface area contributed by atoms with Crippen molar-refractivity contribution in [3.8, 4) is 0 Å². The Morgan fingerprint density at radius 2 is 2.00 bits per heavy atom. The number of aliphatic hydroxyl groups is 1. The number of Topliss-reactive ketones (excluding diaryl/α,β-unsaturated/α-hetero) is 2. The Hall–Kier alpha value is -3.27. The van der Waals surface area contributed by atoms with Gasteiger partial charge < -0.3 is 30.9 Å². The topological polar surface area (TPSA) is 143 Å². The van der Waals surface area contributed by atoms with Crippen LogP contribution < -0.4 is 16.4 Å². The van der Waals surface area contributed by atoms with Gasteiger partial charge in [-0.25, -0.2) is 4.79 Å². The summed E-state index contributed by atoms with van der Waals surface area (Å²) in [6.45, 7) is 11.6. The highest BCUT2D eigenvalue weighted by Gasteiger charge is 2.85. The zero-order valence-corrected chi connectivity index (χ0v) is 28.7. The van der Waals surface area contributed by atoms with E-state index in [2.05, 4.69) is 44.4 Å². The number of dihydropyridines is 1. The van der Waals surface area contributed by atoms with Crippen molar-refractivity contribution in [2.45, 2.75) is 103 Å². The van der Waals surface area contributed by atoms with E-state index in [0.717, 1.165) is 48.9 Å². The fourth-order valence-corrected chi connectivity index (χ4v) is 7.94. The standard InChI is InChI=1S/C38H53N3O6/c1-6-25-13-14-31(40-7-2)28(18-25)22-46-36(45)38-35(44)33-27(17-23(3)4)9-8-10-30(33)34(43)37(38,47-38)20-29(21-42)24(5)11-12-26-15-16-41-32(39)19-26/h8-10,15,19,23,25,28,31,40-42H,6-7,11-14,16-18,20-22,39H2,1-5H3. The first-order valence-corrected chi connectivity index (χ1v) is 17.5. The van der Waals surface area contributed by atoms with Crippen molar-refractivity contribution in [2.75, 3.05) is 26.3 Å². The molecule has 0 bridgehead atoms. The van der Waals surface area contributed by atoms with E-state index >= 15 is 0 Å². The summed E-state index contributed by atoms with van der Waals surface area (Å²) >= 11 is 0. The number of carbonyl (C=O) groups is 3. The molecule has 5 rings (SSSR count). The number of hydrogen-bond acceptors (Lipinski definition) is 9. The lowest BCUT2D eigenvalue weighted by Gasteiger charge is -2.36. The average molecular weight is 648 g/mol. The molecule has 5 unspecified atom stereocenters. The van der Waals surface area contributed by atoms with E-state index in [1.54, 1.807) is 12.1 Å². The molecule has 1 aromatic carbocycles. The number of benzene rings is 1. The van der Waals surface area contributed by atoms with Crippen LogP contribution in [-0.4, -0.2) is 66.2 Å². The lowest BCUT2D eigenvalue weighted by Crippen LogP contribution is -2.52. The van der Waals surface area contributed by atoms with Gasteiger partial charge >= 0.3 is 5.97 Å². The third-order valence-electron chi connectivity index (χ3n) is 10.7. The molecule has 1 saturated heterocycles. The molecule has 9 heteroatoms. The van der Waals surface area contributed by atoms with Gasteiger partial charge in [-0.1, -0.05) is 64.0 Å². The highest BCUT2D eigenvalue weighted by Crippen LogP contribution is 2.60. The molecule has 5 atom stereocenters. The summed E-state index contributed by atoms with van der Waals surface area (Å²) in [6, 6.07) is 5.51. The second-order valence-electron chi connectivity index (χ2n) is 14.3. The van der Waals surface area contributed by atoms with Crippen molar-refractivity contribution >= 4 is 17.5 Å². The van der Waals surface area contributed by atoms with Gasteiger partial charge in [0.2, 0.25) is 5.78 Å². The second-order valence-corrected chi connectivity index (χ2v) is 14.3. The average Bonchev–Trinajstić information content (AvgIpc) is 3.76. The molecule has 256 valence electrons. The Bertz CT molecular complexity index is 1480. The van der Waals surface area contributed by atoms with Crippen LogP contribution in [0.5, 0.6) is 0 Å². The summed E-state index contributed by atoms with van der Waals surface area (Å²) in [4.78, 5) is 43.3. The first-order chi connectivity index (χ1) is 22.5. The number of carbonyl (C=O) groups excluding carboxylic acids is 3. The minimum Gasteiger partial charge on any atom is -0.463 e. The van der Waals surface area contributed by atoms with Gasteiger partial charge in [-0.2, -0.15) is 0 Å². The Balaban J connectivity index is 1.47. The minimum absolute atomic E-state index is 0.0667. The maximum absolute atomic E-state index is 14.6. The quantitative estimate of drug-likeness (QED) is 0.0957. The molecule has 2 heterocycles. The number of aliphatic hydroxyl groups excluding tert-OH is 1. The molecule has 2 fully saturated rings. The van der Waals surface area contributed by atoms with E-state index in [4.69, 9.17) is 15.2 Å². The van der Waals surface area contributed by atoms with Gasteiger partial charge in [0.1, 0.15) is 0 Å². The Kier molecular flexibility index (Phi) is 10.8. The number of nitrogens with one attached hydrogen (secondary N) is 2. The summed E-state index contributed by atoms with van der Waals surface area (Å²) in [7, 11) is 0. The molecule has 47 heavy (non-hydrogen) atoms. The number of epoxide rings is 1. The van der Waals surface area contributed by atoms with Gasteiger partial charge in [-0.15, -0.1) is 0 Å². The zero-order valence-electron chi connectivity index (χ0n) is 28.7. The molecule has 1 aromatic rings. The summed E-state index contributed by atoms with van der Waals surface area (Å²) in [5.74, 6) is -0.224. The van der Waals surface area contributed by atoms with Crippen LogP contribution in [-0.2, 0) is 20.7 Å². The van der Waals surface area contributed by atoms with Gasteiger partial charge in [0, 0.05) is 36.1 Å². The molecular weight excluding hydrogens is 594 g/mol. The number of ether oxygens (including phenoxy) is 2. The van der Waals surface area contributed by atoms with Crippen LogP contribution in [0.1, 0.15) is 106 Å². The van der Waals surface area contributed by atoms with Gasteiger partial charge in [-0.3, -0.25) is 9.59 Å². The lowest BCUT2D eigenvalue weighted by molar-refractivity contribution is -0.150. The van der Waals surface area contributed by atoms with Gasteiger partial charge in [0.05, 0.1) is 19.0 Å². The molecule has 0 radical (unpaired) electrons. The van der Waals surface area contributed by atoms with Crippen molar-refractivity contribution in [1.82, 2.24) is 10.6 Å². The van der Waals surface area contributed by atoms with Crippen molar-refractivity contribution in [1.29, 1.82) is 0 Å². The normalized spacial score (nSPS) is 28.9. The number of fused-ring (bicyclic) bond motifs is 2. The van der Waals surface area contributed by atoms with E-state index in [9.17, 15) is 19.5 Å². The number of nitrogens with two attached hydrogens (primary N) is 1. The van der Waals surface area contributed by atoms with Crippen molar-refractivity contribution in [3.63, 3.8) is 0 Å². The first kappa shape index (κ1) is 35.0. The fourth-order valence-electron chi connectivity index (χ4n) is 7.94. The number of hydrogen-bond donors (Lipinski definition) is 4. The molecule has 5 N–H and O–H groups in total. The number of allylic oxidation sites excluding steroid dienone is 3. The van der Waals surface area contributed by atoms with Crippen LogP contribution in [0.15, 0.2) is 52.9 Å².